The van der Waals surface area contributed by atoms with E-state index >= 15 is 0 Å². The van der Waals surface area contributed by atoms with Gasteiger partial charge in [-0.25, -0.2) is 0 Å². The topological polar surface area (TPSA) is 58.2 Å². The lowest BCUT2D eigenvalue weighted by Crippen LogP contribution is -2.39. The maximum absolute atomic E-state index is 12.8. The molecule has 0 heterocycles. The maximum Gasteiger partial charge on any atom is 0.417 e. The lowest BCUT2D eigenvalue weighted by atomic mass is 10.1. The SMILES string of the molecule is O=C(C=Cc1ccccc1)NNC(=O)/C=C/c1ccc(Cl)c(C(F)(F)F)c1. The standard InChI is InChI=1S/C19H14ClF3N2O2/c20-16-9-6-14(12-15(16)19(21,22)23)8-11-18(27)25-24-17(26)10-7-13-4-2-1-3-5-13/h1-12H,(H,24,26)(H,25,27)/b10-7?,11-8+. The van der Waals surface area contributed by atoms with E-state index in [0.717, 1.165) is 23.8 Å². The summed E-state index contributed by atoms with van der Waals surface area (Å²) in [4.78, 5) is 23.3. The molecule has 2 N–H and O–H groups in total. The molecule has 0 saturated heterocycles. The highest BCUT2D eigenvalue weighted by Gasteiger charge is 2.33. The lowest BCUT2D eigenvalue weighted by molar-refractivity contribution is -0.137. The molecular weight excluding hydrogens is 381 g/mol. The van der Waals surface area contributed by atoms with E-state index in [1.807, 2.05) is 18.2 Å². The van der Waals surface area contributed by atoms with E-state index in [0.29, 0.717) is 0 Å². The zero-order valence-electron chi connectivity index (χ0n) is 13.8. The Morgan fingerprint density at radius 1 is 0.852 bits per heavy atom. The number of benzene rings is 2. The van der Waals surface area contributed by atoms with E-state index in [4.69, 9.17) is 11.6 Å². The van der Waals surface area contributed by atoms with Crippen molar-refractivity contribution in [2.24, 2.45) is 0 Å². The van der Waals surface area contributed by atoms with Crippen molar-refractivity contribution in [3.63, 3.8) is 0 Å². The Morgan fingerprint density at radius 3 is 1.96 bits per heavy atom. The number of hydrogen-bond acceptors (Lipinski definition) is 2. The van der Waals surface area contributed by atoms with Crippen LogP contribution in [0.25, 0.3) is 12.2 Å². The summed E-state index contributed by atoms with van der Waals surface area (Å²) in [6.45, 7) is 0. The molecular formula is C19H14ClF3N2O2. The molecule has 0 unspecified atom stereocenters. The number of hydrogen-bond donors (Lipinski definition) is 2. The van der Waals surface area contributed by atoms with Crippen LogP contribution in [0.4, 0.5) is 13.2 Å². The van der Waals surface area contributed by atoms with E-state index in [1.165, 1.54) is 18.2 Å². The Kier molecular flexibility index (Phi) is 6.79. The summed E-state index contributed by atoms with van der Waals surface area (Å²) in [5.41, 5.74) is 4.23. The van der Waals surface area contributed by atoms with Crippen LogP contribution < -0.4 is 10.9 Å². The molecule has 2 aromatic carbocycles. The molecule has 0 saturated carbocycles. The number of alkyl halides is 3. The first-order chi connectivity index (χ1) is 12.8. The van der Waals surface area contributed by atoms with E-state index in [-0.39, 0.29) is 5.56 Å². The van der Waals surface area contributed by atoms with Gasteiger partial charge in [0.25, 0.3) is 11.8 Å². The minimum absolute atomic E-state index is 0.136. The van der Waals surface area contributed by atoms with Crippen molar-refractivity contribution in [1.29, 1.82) is 0 Å². The summed E-state index contributed by atoms with van der Waals surface area (Å²) in [5.74, 6) is -1.27. The molecule has 0 aromatic heterocycles. The van der Waals surface area contributed by atoms with Gasteiger partial charge < -0.3 is 0 Å². The molecule has 2 amide bonds. The molecule has 27 heavy (non-hydrogen) atoms. The van der Waals surface area contributed by atoms with Gasteiger partial charge in [-0.05, 0) is 35.4 Å². The number of carbonyl (C=O) groups excluding carboxylic acids is 2. The van der Waals surface area contributed by atoms with Crippen LogP contribution in [0.2, 0.25) is 5.02 Å². The van der Waals surface area contributed by atoms with Gasteiger partial charge in [0.05, 0.1) is 10.6 Å². The highest BCUT2D eigenvalue weighted by molar-refractivity contribution is 6.31. The van der Waals surface area contributed by atoms with Crippen LogP contribution in [-0.4, -0.2) is 11.8 Å². The van der Waals surface area contributed by atoms with Crippen LogP contribution in [0.5, 0.6) is 0 Å². The van der Waals surface area contributed by atoms with Gasteiger partial charge in [0, 0.05) is 12.2 Å². The van der Waals surface area contributed by atoms with Gasteiger partial charge in [-0.3, -0.25) is 20.4 Å². The molecule has 0 aliphatic carbocycles. The summed E-state index contributed by atoms with van der Waals surface area (Å²) in [6.07, 6.45) is 0.359. The Morgan fingerprint density at radius 2 is 1.41 bits per heavy atom. The number of carbonyl (C=O) groups is 2. The number of amides is 2. The van der Waals surface area contributed by atoms with Gasteiger partial charge >= 0.3 is 6.18 Å². The van der Waals surface area contributed by atoms with Gasteiger partial charge in [-0.2, -0.15) is 13.2 Å². The average molecular weight is 395 g/mol. The summed E-state index contributed by atoms with van der Waals surface area (Å²) >= 11 is 5.52. The van der Waals surface area contributed by atoms with Gasteiger partial charge in [-0.1, -0.05) is 48.0 Å². The fourth-order valence-corrected chi connectivity index (χ4v) is 2.20. The predicted molar refractivity (Wildman–Crippen MR) is 97.2 cm³/mol. The third-order valence-electron chi connectivity index (χ3n) is 3.26. The van der Waals surface area contributed by atoms with Crippen LogP contribution in [0.3, 0.4) is 0 Å². The largest absolute Gasteiger partial charge is 0.417 e. The first kappa shape index (κ1) is 20.3. The molecule has 0 aliphatic heterocycles. The monoisotopic (exact) mass is 394 g/mol. The summed E-state index contributed by atoms with van der Waals surface area (Å²) in [6, 6.07) is 12.3. The number of hydrazine groups is 1. The first-order valence-corrected chi connectivity index (χ1v) is 8.01. The third kappa shape index (κ3) is 6.63. The Balaban J connectivity index is 1.90. The van der Waals surface area contributed by atoms with Crippen molar-refractivity contribution in [2.75, 3.05) is 0 Å². The second-order valence-corrected chi connectivity index (χ2v) is 5.70. The molecule has 2 aromatic rings. The number of halogens is 4. The molecule has 8 heteroatoms. The molecule has 0 atom stereocenters. The molecule has 0 bridgehead atoms. The van der Waals surface area contributed by atoms with Crippen molar-refractivity contribution >= 4 is 35.6 Å². The second-order valence-electron chi connectivity index (χ2n) is 5.29. The van der Waals surface area contributed by atoms with E-state index in [1.54, 1.807) is 18.2 Å². The maximum atomic E-state index is 12.8. The smallest absolute Gasteiger partial charge is 0.268 e. The summed E-state index contributed by atoms with van der Waals surface area (Å²) in [5, 5.41) is -0.429. The highest BCUT2D eigenvalue weighted by Crippen LogP contribution is 2.35. The Bertz CT molecular complexity index is 878. The number of rotatable bonds is 4. The van der Waals surface area contributed by atoms with E-state index < -0.39 is 28.6 Å². The molecule has 140 valence electrons. The average Bonchev–Trinajstić information content (AvgIpc) is 2.64. The van der Waals surface area contributed by atoms with Crippen LogP contribution in [0.15, 0.2) is 60.7 Å². The van der Waals surface area contributed by atoms with Gasteiger partial charge in [-0.15, -0.1) is 0 Å². The Hall–Kier alpha value is -3.06. The summed E-state index contributed by atoms with van der Waals surface area (Å²) in [7, 11) is 0. The van der Waals surface area contributed by atoms with Crippen LogP contribution in [-0.2, 0) is 15.8 Å². The van der Waals surface area contributed by atoms with E-state index in [9.17, 15) is 22.8 Å². The molecule has 0 fully saturated rings. The molecule has 0 aliphatic rings. The fraction of sp³-hybridized carbons (Fsp3) is 0.0526. The van der Waals surface area contributed by atoms with Crippen LogP contribution >= 0.6 is 11.6 Å². The lowest BCUT2D eigenvalue weighted by Gasteiger charge is -2.09. The molecule has 0 radical (unpaired) electrons. The third-order valence-corrected chi connectivity index (χ3v) is 3.59. The van der Waals surface area contributed by atoms with Gasteiger partial charge in [0.15, 0.2) is 0 Å². The van der Waals surface area contributed by atoms with Gasteiger partial charge in [0.1, 0.15) is 0 Å². The quantitative estimate of drug-likeness (QED) is 0.602. The zero-order valence-corrected chi connectivity index (χ0v) is 14.5. The summed E-state index contributed by atoms with van der Waals surface area (Å²) < 4.78 is 38.4. The van der Waals surface area contributed by atoms with Crippen LogP contribution in [0.1, 0.15) is 16.7 Å². The zero-order chi connectivity index (χ0) is 19.9. The van der Waals surface area contributed by atoms with Crippen molar-refractivity contribution in [1.82, 2.24) is 10.9 Å². The van der Waals surface area contributed by atoms with E-state index in [2.05, 4.69) is 10.9 Å². The second kappa shape index (κ2) is 9.05. The normalized spacial score (nSPS) is 11.7. The Labute approximate surface area is 158 Å². The van der Waals surface area contributed by atoms with Crippen molar-refractivity contribution < 1.29 is 22.8 Å². The molecule has 0 spiro atoms. The fourth-order valence-electron chi connectivity index (χ4n) is 1.98. The first-order valence-electron chi connectivity index (χ1n) is 7.63. The van der Waals surface area contributed by atoms with Crippen molar-refractivity contribution in [3.8, 4) is 0 Å². The van der Waals surface area contributed by atoms with Crippen LogP contribution in [0, 0.1) is 0 Å². The van der Waals surface area contributed by atoms with Crippen molar-refractivity contribution in [2.45, 2.75) is 6.18 Å². The van der Waals surface area contributed by atoms with Gasteiger partial charge in [0.2, 0.25) is 0 Å². The predicted octanol–water partition coefficient (Wildman–Crippen LogP) is 4.23. The minimum atomic E-state index is -4.59. The highest BCUT2D eigenvalue weighted by atomic mass is 35.5. The van der Waals surface area contributed by atoms with Crippen molar-refractivity contribution in [3.05, 3.63) is 82.4 Å². The minimum Gasteiger partial charge on any atom is -0.268 e. The molecule has 4 nitrogen and oxygen atoms in total. The molecule has 2 rings (SSSR count). The number of nitrogens with one attached hydrogen (secondary N) is 2.